The number of hydrogen-bond donors (Lipinski definition) is 0. The third-order valence-corrected chi connectivity index (χ3v) is 2.82. The van der Waals surface area contributed by atoms with E-state index in [0.29, 0.717) is 21.1 Å². The molecule has 0 atom stereocenters. The summed E-state index contributed by atoms with van der Waals surface area (Å²) in [6.07, 6.45) is 0. The smallest absolute Gasteiger partial charge is 0.213 e. The minimum atomic E-state index is -0.534. The van der Waals surface area contributed by atoms with E-state index in [0.717, 1.165) is 5.39 Å². The molecule has 0 spiro atoms. The largest absolute Gasteiger partial charge is 0.220 e. The van der Waals surface area contributed by atoms with Crippen LogP contribution in [0.15, 0.2) is 22.7 Å². The highest BCUT2D eigenvalue weighted by atomic mass is 79.9. The number of benzene rings is 1. The molecule has 3 heteroatoms. The van der Waals surface area contributed by atoms with Crippen molar-refractivity contribution >= 4 is 26.8 Å². The highest BCUT2D eigenvalue weighted by molar-refractivity contribution is 9.10. The fraction of sp³-hybridized carbons (Fsp3) is 0. The van der Waals surface area contributed by atoms with Gasteiger partial charge in [-0.2, -0.15) is 4.39 Å². The molecule has 0 unspecified atom stereocenters. The van der Waals surface area contributed by atoms with Crippen LogP contribution in [0, 0.1) is 19.8 Å². The second-order valence-electron chi connectivity index (χ2n) is 2.89. The highest BCUT2D eigenvalue weighted by Crippen LogP contribution is 2.28. The Bertz CT molecular complexity index is 508. The van der Waals surface area contributed by atoms with Gasteiger partial charge in [0.05, 0.1) is 5.52 Å². The maximum absolute atomic E-state index is 12.8. The summed E-state index contributed by atoms with van der Waals surface area (Å²) >= 11 is 3.29. The predicted molar refractivity (Wildman–Crippen MR) is 56.2 cm³/mol. The molecule has 2 aromatic rings. The molecule has 0 aliphatic rings. The zero-order valence-corrected chi connectivity index (χ0v) is 8.68. The zero-order chi connectivity index (χ0) is 10.3. The maximum atomic E-state index is 12.8. The summed E-state index contributed by atoms with van der Waals surface area (Å²) in [7, 11) is 0. The van der Waals surface area contributed by atoms with E-state index < -0.39 is 5.95 Å². The third-order valence-electron chi connectivity index (χ3n) is 1.97. The molecule has 0 saturated carbocycles. The monoisotopic (exact) mass is 249 g/mol. The molecule has 1 heterocycles. The van der Waals surface area contributed by atoms with Crippen molar-refractivity contribution in [3.8, 4) is 0 Å². The van der Waals surface area contributed by atoms with Crippen LogP contribution in [0.2, 0.25) is 0 Å². The SMILES string of the molecule is [CH]c1cc2nc(F)ccc2c(Br)c1[CH]. The van der Waals surface area contributed by atoms with Crippen molar-refractivity contribution in [1.82, 2.24) is 4.98 Å². The van der Waals surface area contributed by atoms with Gasteiger partial charge in [0.15, 0.2) is 0 Å². The molecule has 68 valence electrons. The Balaban J connectivity index is 2.91. The van der Waals surface area contributed by atoms with Gasteiger partial charge in [-0.25, -0.2) is 4.98 Å². The van der Waals surface area contributed by atoms with Crippen LogP contribution < -0.4 is 0 Å². The Morgan fingerprint density at radius 3 is 2.71 bits per heavy atom. The molecule has 1 nitrogen and oxygen atoms in total. The van der Waals surface area contributed by atoms with Gasteiger partial charge in [0.25, 0.3) is 0 Å². The average Bonchev–Trinajstić information content (AvgIpc) is 2.14. The minimum Gasteiger partial charge on any atom is -0.220 e. The summed E-state index contributed by atoms with van der Waals surface area (Å²) in [5.41, 5.74) is 1.33. The van der Waals surface area contributed by atoms with E-state index in [2.05, 4.69) is 20.9 Å². The van der Waals surface area contributed by atoms with Crippen LogP contribution in [0.25, 0.3) is 10.9 Å². The van der Waals surface area contributed by atoms with Crippen LogP contribution in [-0.4, -0.2) is 4.98 Å². The van der Waals surface area contributed by atoms with E-state index in [1.165, 1.54) is 6.07 Å². The Kier molecular flexibility index (Phi) is 2.27. The van der Waals surface area contributed by atoms with Gasteiger partial charge in [-0.1, -0.05) is 0 Å². The number of halogens is 2. The summed E-state index contributed by atoms with van der Waals surface area (Å²) in [6.45, 7) is 11.3. The normalized spacial score (nSPS) is 10.9. The van der Waals surface area contributed by atoms with E-state index in [9.17, 15) is 4.39 Å². The predicted octanol–water partition coefficient (Wildman–Crippen LogP) is 3.25. The summed E-state index contributed by atoms with van der Waals surface area (Å²) in [4.78, 5) is 3.71. The van der Waals surface area contributed by atoms with Crippen LogP contribution in [0.1, 0.15) is 11.1 Å². The highest BCUT2D eigenvalue weighted by Gasteiger charge is 2.07. The van der Waals surface area contributed by atoms with E-state index in [-0.39, 0.29) is 0 Å². The number of aromatic nitrogens is 1. The molecular weight excluding hydrogens is 245 g/mol. The van der Waals surface area contributed by atoms with Crippen molar-refractivity contribution in [1.29, 1.82) is 0 Å². The lowest BCUT2D eigenvalue weighted by molar-refractivity contribution is 0.589. The number of pyridine rings is 1. The molecule has 2 rings (SSSR count). The van der Waals surface area contributed by atoms with E-state index in [1.54, 1.807) is 12.1 Å². The number of rotatable bonds is 0. The lowest BCUT2D eigenvalue weighted by atomic mass is 10.1. The van der Waals surface area contributed by atoms with Crippen LogP contribution in [0.4, 0.5) is 4.39 Å². The molecule has 0 bridgehead atoms. The minimum absolute atomic E-state index is 0.391. The van der Waals surface area contributed by atoms with Gasteiger partial charge in [0, 0.05) is 16.8 Å². The van der Waals surface area contributed by atoms with Crippen molar-refractivity contribution in [3.05, 3.63) is 53.6 Å². The zero-order valence-electron chi connectivity index (χ0n) is 7.09. The Hall–Kier alpha value is -0.960. The Labute approximate surface area is 90.1 Å². The van der Waals surface area contributed by atoms with Crippen molar-refractivity contribution < 1.29 is 4.39 Å². The van der Waals surface area contributed by atoms with Gasteiger partial charge >= 0.3 is 0 Å². The Morgan fingerprint density at radius 2 is 2.00 bits per heavy atom. The first kappa shape index (κ1) is 9.59. The van der Waals surface area contributed by atoms with E-state index >= 15 is 0 Å². The molecule has 0 N–H and O–H groups in total. The first-order valence-electron chi connectivity index (χ1n) is 3.89. The number of hydrogen-bond acceptors (Lipinski definition) is 1. The fourth-order valence-electron chi connectivity index (χ4n) is 1.24. The molecule has 0 saturated heterocycles. The van der Waals surface area contributed by atoms with Gasteiger partial charge in [-0.15, -0.1) is 0 Å². The summed E-state index contributed by atoms with van der Waals surface area (Å²) < 4.78 is 13.5. The van der Waals surface area contributed by atoms with E-state index in [4.69, 9.17) is 13.8 Å². The molecule has 1 aromatic carbocycles. The first-order chi connectivity index (χ1) is 6.59. The second kappa shape index (κ2) is 3.31. The number of nitrogens with zero attached hydrogens (tertiary/aromatic N) is 1. The van der Waals surface area contributed by atoms with Crippen molar-refractivity contribution in [2.75, 3.05) is 0 Å². The van der Waals surface area contributed by atoms with E-state index in [1.807, 2.05) is 0 Å². The lowest BCUT2D eigenvalue weighted by Gasteiger charge is -2.06. The topological polar surface area (TPSA) is 12.9 Å². The molecular formula is C11H5BrFN. The molecule has 0 aliphatic carbocycles. The van der Waals surface area contributed by atoms with Gasteiger partial charge in [-0.3, -0.25) is 0 Å². The molecule has 0 amide bonds. The van der Waals surface area contributed by atoms with Gasteiger partial charge in [-0.05, 0) is 52.2 Å². The molecule has 14 heavy (non-hydrogen) atoms. The summed E-state index contributed by atoms with van der Waals surface area (Å²) in [5, 5.41) is 0.748. The van der Waals surface area contributed by atoms with Crippen LogP contribution in [0.3, 0.4) is 0 Å². The molecule has 4 radical (unpaired) electrons. The number of fused-ring (bicyclic) bond motifs is 1. The maximum Gasteiger partial charge on any atom is 0.213 e. The van der Waals surface area contributed by atoms with Crippen molar-refractivity contribution in [3.63, 3.8) is 0 Å². The summed E-state index contributed by atoms with van der Waals surface area (Å²) in [6, 6.07) is 4.44. The van der Waals surface area contributed by atoms with Crippen LogP contribution in [-0.2, 0) is 0 Å². The van der Waals surface area contributed by atoms with Crippen LogP contribution in [0.5, 0.6) is 0 Å². The first-order valence-corrected chi connectivity index (χ1v) is 4.68. The standard InChI is InChI=1S/C11H5BrFN/c1-6-5-9-8(11(12)7(6)2)3-4-10(13)14-9/h1-5H. The lowest BCUT2D eigenvalue weighted by Crippen LogP contribution is -1.89. The quantitative estimate of drug-likeness (QED) is 0.654. The second-order valence-corrected chi connectivity index (χ2v) is 3.69. The molecule has 0 fully saturated rings. The molecule has 1 aromatic heterocycles. The Morgan fingerprint density at radius 1 is 1.29 bits per heavy atom. The van der Waals surface area contributed by atoms with Gasteiger partial charge < -0.3 is 0 Å². The van der Waals surface area contributed by atoms with Gasteiger partial charge in [0.2, 0.25) is 5.95 Å². The van der Waals surface area contributed by atoms with Crippen LogP contribution >= 0.6 is 15.9 Å². The average molecular weight is 250 g/mol. The summed E-state index contributed by atoms with van der Waals surface area (Å²) in [5.74, 6) is -0.534. The van der Waals surface area contributed by atoms with Gasteiger partial charge in [0.1, 0.15) is 0 Å². The fourth-order valence-corrected chi connectivity index (χ4v) is 1.81. The molecule has 0 aliphatic heterocycles. The van der Waals surface area contributed by atoms with Crippen molar-refractivity contribution in [2.24, 2.45) is 0 Å². The third kappa shape index (κ3) is 1.42. The van der Waals surface area contributed by atoms with Crippen molar-refractivity contribution in [2.45, 2.75) is 0 Å².